The van der Waals surface area contributed by atoms with E-state index >= 15 is 0 Å². The highest BCUT2D eigenvalue weighted by molar-refractivity contribution is 6.03. The zero-order chi connectivity index (χ0) is 26.1. The van der Waals surface area contributed by atoms with E-state index in [1.54, 1.807) is 37.6 Å². The molecule has 1 fully saturated rings. The maximum absolute atomic E-state index is 12.8. The van der Waals surface area contributed by atoms with Crippen LogP contribution in [0.4, 0.5) is 11.6 Å². The lowest BCUT2D eigenvalue weighted by molar-refractivity contribution is 0.0928. The van der Waals surface area contributed by atoms with Crippen LogP contribution in [0.3, 0.4) is 0 Å². The van der Waals surface area contributed by atoms with Crippen LogP contribution in [0.25, 0.3) is 11.0 Å². The zero-order valence-corrected chi connectivity index (χ0v) is 21.0. The Morgan fingerprint density at radius 1 is 1.05 bits per heavy atom. The summed E-state index contributed by atoms with van der Waals surface area (Å²) >= 11 is 0. The Kier molecular flexibility index (Phi) is 6.38. The number of hydrogen-bond donors (Lipinski definition) is 4. The van der Waals surface area contributed by atoms with Crippen molar-refractivity contribution in [2.45, 2.75) is 31.7 Å². The molecule has 2 aliphatic rings. The van der Waals surface area contributed by atoms with Gasteiger partial charge in [0.05, 0.1) is 23.7 Å². The molecule has 4 N–H and O–H groups in total. The van der Waals surface area contributed by atoms with Gasteiger partial charge in [-0.15, -0.1) is 0 Å². The van der Waals surface area contributed by atoms with Gasteiger partial charge < -0.3 is 30.4 Å². The van der Waals surface area contributed by atoms with Crippen LogP contribution in [0, 0.1) is 0 Å². The summed E-state index contributed by atoms with van der Waals surface area (Å²) in [6, 6.07) is 12.8. The lowest BCUT2D eigenvalue weighted by Gasteiger charge is -2.23. The molecule has 1 aliphatic heterocycles. The molecular weight excluding hydrogens is 484 g/mol. The summed E-state index contributed by atoms with van der Waals surface area (Å²) < 4.78 is 11.8. The Morgan fingerprint density at radius 2 is 1.92 bits per heavy atom. The largest absolute Gasteiger partial charge is 0.495 e. The molecule has 10 nitrogen and oxygen atoms in total. The minimum atomic E-state index is -0.133. The number of H-pyrrole nitrogens is 1. The van der Waals surface area contributed by atoms with Gasteiger partial charge in [0, 0.05) is 24.2 Å². The average Bonchev–Trinajstić information content (AvgIpc) is 3.57. The van der Waals surface area contributed by atoms with Crippen molar-refractivity contribution in [3.8, 4) is 17.4 Å². The first-order valence-electron chi connectivity index (χ1n) is 12.7. The summed E-state index contributed by atoms with van der Waals surface area (Å²) in [7, 11) is 1.55. The number of amides is 1. The van der Waals surface area contributed by atoms with Crippen LogP contribution in [-0.2, 0) is 6.42 Å². The number of fused-ring (bicyclic) bond motifs is 2. The van der Waals surface area contributed by atoms with Crippen molar-refractivity contribution in [3.63, 3.8) is 0 Å². The average molecular weight is 513 g/mol. The van der Waals surface area contributed by atoms with E-state index in [2.05, 4.69) is 30.9 Å². The van der Waals surface area contributed by atoms with Crippen LogP contribution >= 0.6 is 0 Å². The number of benzene rings is 2. The van der Waals surface area contributed by atoms with Gasteiger partial charge in [0.15, 0.2) is 5.78 Å². The van der Waals surface area contributed by atoms with Gasteiger partial charge in [-0.1, -0.05) is 12.1 Å². The van der Waals surface area contributed by atoms with E-state index in [1.807, 2.05) is 18.2 Å². The third kappa shape index (κ3) is 4.66. The van der Waals surface area contributed by atoms with Crippen LogP contribution in [0.5, 0.6) is 17.4 Å². The first-order valence-corrected chi connectivity index (χ1v) is 12.7. The molecule has 2 aromatic heterocycles. The van der Waals surface area contributed by atoms with Gasteiger partial charge in [0.25, 0.3) is 5.91 Å². The summed E-state index contributed by atoms with van der Waals surface area (Å²) in [5.41, 5.74) is 3.29. The fourth-order valence-corrected chi connectivity index (χ4v) is 5.00. The van der Waals surface area contributed by atoms with Crippen LogP contribution in [0.1, 0.15) is 45.5 Å². The minimum absolute atomic E-state index is 0.0716. The van der Waals surface area contributed by atoms with Crippen LogP contribution < -0.4 is 25.4 Å². The highest BCUT2D eigenvalue weighted by Gasteiger charge is 2.25. The van der Waals surface area contributed by atoms with Gasteiger partial charge in [-0.05, 0) is 68.2 Å². The molecule has 1 amide bonds. The SMILES string of the molecule is COc1cc(C(=O)NC2CCNCC2)ccc1Nc1nc(Oc2cccc3c2C(=O)CC3)c2cc[nH]c2n1. The molecule has 6 rings (SSSR count). The fourth-order valence-electron chi connectivity index (χ4n) is 5.00. The zero-order valence-electron chi connectivity index (χ0n) is 21.0. The number of aromatic amines is 1. The van der Waals surface area contributed by atoms with Gasteiger partial charge in [-0.2, -0.15) is 9.97 Å². The number of anilines is 2. The summed E-state index contributed by atoms with van der Waals surface area (Å²) in [6.45, 7) is 1.80. The van der Waals surface area contributed by atoms with Gasteiger partial charge in [0.2, 0.25) is 11.8 Å². The van der Waals surface area contributed by atoms with Gasteiger partial charge in [-0.3, -0.25) is 9.59 Å². The summed E-state index contributed by atoms with van der Waals surface area (Å²) in [5, 5.41) is 10.3. The number of piperidine rings is 1. The maximum Gasteiger partial charge on any atom is 0.251 e. The predicted molar refractivity (Wildman–Crippen MR) is 143 cm³/mol. The number of ketones is 1. The number of hydrogen-bond acceptors (Lipinski definition) is 8. The number of Topliss-reactive ketones (excluding diaryl/α,β-unsaturated/α-hetero) is 1. The first-order chi connectivity index (χ1) is 18.6. The predicted octanol–water partition coefficient (Wildman–Crippen LogP) is 4.11. The van der Waals surface area contributed by atoms with E-state index in [-0.39, 0.29) is 23.7 Å². The van der Waals surface area contributed by atoms with Crippen molar-refractivity contribution >= 4 is 34.4 Å². The van der Waals surface area contributed by atoms with Crippen molar-refractivity contribution in [3.05, 3.63) is 65.4 Å². The molecule has 0 spiro atoms. The second kappa shape index (κ2) is 10.1. The number of rotatable bonds is 7. The van der Waals surface area contributed by atoms with Crippen molar-refractivity contribution in [2.75, 3.05) is 25.5 Å². The Morgan fingerprint density at radius 3 is 2.76 bits per heavy atom. The molecule has 1 aliphatic carbocycles. The number of carbonyl (C=O) groups excluding carboxylic acids is 2. The third-order valence-electron chi connectivity index (χ3n) is 6.98. The van der Waals surface area contributed by atoms with Crippen molar-refractivity contribution in [1.29, 1.82) is 0 Å². The number of aromatic nitrogens is 3. The van der Waals surface area contributed by atoms with Crippen LogP contribution in [0.2, 0.25) is 0 Å². The number of nitrogens with one attached hydrogen (secondary N) is 4. The molecule has 0 radical (unpaired) electrons. The van der Waals surface area contributed by atoms with Crippen molar-refractivity contribution < 1.29 is 19.1 Å². The summed E-state index contributed by atoms with van der Waals surface area (Å²) in [4.78, 5) is 37.6. The lowest BCUT2D eigenvalue weighted by Crippen LogP contribution is -2.42. The number of ether oxygens (including phenoxy) is 2. The molecule has 0 saturated carbocycles. The smallest absolute Gasteiger partial charge is 0.251 e. The van der Waals surface area contributed by atoms with E-state index in [0.29, 0.717) is 58.1 Å². The number of carbonyl (C=O) groups is 2. The van der Waals surface area contributed by atoms with Gasteiger partial charge >= 0.3 is 0 Å². The lowest BCUT2D eigenvalue weighted by atomic mass is 10.1. The summed E-state index contributed by atoms with van der Waals surface area (Å²) in [5.74, 6) is 1.50. The van der Waals surface area contributed by atoms with E-state index < -0.39 is 0 Å². The Balaban J connectivity index is 1.27. The first kappa shape index (κ1) is 23.9. The van der Waals surface area contributed by atoms with Gasteiger partial charge in [-0.25, -0.2) is 0 Å². The molecule has 0 atom stereocenters. The normalized spacial score (nSPS) is 15.3. The molecular formula is C28H28N6O4. The number of nitrogens with zero attached hydrogens (tertiary/aromatic N) is 2. The maximum atomic E-state index is 12.8. The third-order valence-corrected chi connectivity index (χ3v) is 6.98. The second-order valence-corrected chi connectivity index (χ2v) is 9.45. The molecule has 0 unspecified atom stereocenters. The van der Waals surface area contributed by atoms with Crippen molar-refractivity contribution in [2.24, 2.45) is 0 Å². The molecule has 3 heterocycles. The van der Waals surface area contributed by atoms with Crippen molar-refractivity contribution in [1.82, 2.24) is 25.6 Å². The molecule has 194 valence electrons. The molecule has 10 heteroatoms. The highest BCUT2D eigenvalue weighted by atomic mass is 16.5. The number of methoxy groups -OCH3 is 1. The Hall–Kier alpha value is -4.44. The standard InChI is InChI=1S/C28H28N6O4/c1-37-23-15-17(26(36)31-18-9-12-29-13-10-18)5-7-20(23)32-28-33-25-19(11-14-30-25)27(34-28)38-22-4-2-3-16-6-8-21(35)24(16)22/h2-5,7,11,14-15,18,29H,6,8-10,12-13H2,1H3,(H,31,36)(H2,30,32,33,34). The minimum Gasteiger partial charge on any atom is -0.495 e. The topological polar surface area (TPSA) is 130 Å². The summed E-state index contributed by atoms with van der Waals surface area (Å²) in [6.07, 6.45) is 4.77. The van der Waals surface area contributed by atoms with E-state index in [0.717, 1.165) is 31.5 Å². The van der Waals surface area contributed by atoms with Crippen LogP contribution in [-0.4, -0.2) is 52.9 Å². The van der Waals surface area contributed by atoms with E-state index in [1.165, 1.54) is 0 Å². The van der Waals surface area contributed by atoms with Gasteiger partial charge in [0.1, 0.15) is 17.1 Å². The van der Waals surface area contributed by atoms with E-state index in [9.17, 15) is 9.59 Å². The molecule has 1 saturated heterocycles. The molecule has 2 aromatic carbocycles. The molecule has 38 heavy (non-hydrogen) atoms. The molecule has 4 aromatic rings. The quantitative estimate of drug-likeness (QED) is 0.291. The fraction of sp³-hybridized carbons (Fsp3) is 0.286. The monoisotopic (exact) mass is 512 g/mol. The van der Waals surface area contributed by atoms with Crippen LogP contribution in [0.15, 0.2) is 48.7 Å². The molecule has 0 bridgehead atoms. The second-order valence-electron chi connectivity index (χ2n) is 9.45. The van der Waals surface area contributed by atoms with E-state index in [4.69, 9.17) is 9.47 Å². The Labute approximate surface area is 219 Å². The highest BCUT2D eigenvalue weighted by Crippen LogP contribution is 2.36. The number of aryl methyl sites for hydroxylation is 1. The Bertz CT molecular complexity index is 1530.